The van der Waals surface area contributed by atoms with E-state index in [2.05, 4.69) is 14.8 Å². The van der Waals surface area contributed by atoms with Crippen LogP contribution in [0.1, 0.15) is 13.3 Å². The lowest BCUT2D eigenvalue weighted by Gasteiger charge is -2.15. The maximum atomic E-state index is 14.0. The molecule has 1 heterocycles. The standard InChI is InChI=1S/C14H20FN3O4S2.ClH/c1-2-23(19,20)18-14-4-3-12(9-13(14)15)24(21,22)17-10-11-5-7-16-8-6-11;/h3-5,9,16-18H,2,6-8,10H2,1H3;1H. The number of hydrogen-bond acceptors (Lipinski definition) is 5. The third-order valence-corrected chi connectivity index (χ3v) is 6.23. The molecule has 0 atom stereocenters. The first-order valence-corrected chi connectivity index (χ1v) is 10.6. The summed E-state index contributed by atoms with van der Waals surface area (Å²) in [5.41, 5.74) is 0.682. The van der Waals surface area contributed by atoms with Crippen LogP contribution in [0.25, 0.3) is 0 Å². The van der Waals surface area contributed by atoms with Gasteiger partial charge in [0.05, 0.1) is 16.3 Å². The van der Waals surface area contributed by atoms with Gasteiger partial charge in [-0.25, -0.2) is 25.9 Å². The van der Waals surface area contributed by atoms with E-state index >= 15 is 0 Å². The highest BCUT2D eigenvalue weighted by molar-refractivity contribution is 7.92. The smallest absolute Gasteiger partial charge is 0.240 e. The minimum absolute atomic E-state index is 0. The first-order valence-electron chi connectivity index (χ1n) is 7.42. The minimum Gasteiger partial charge on any atom is -0.313 e. The minimum atomic E-state index is -3.88. The molecule has 0 amide bonds. The molecule has 0 aliphatic carbocycles. The van der Waals surface area contributed by atoms with Crippen molar-refractivity contribution in [2.24, 2.45) is 0 Å². The molecular weight excluding hydrogens is 393 g/mol. The second-order valence-corrected chi connectivity index (χ2v) is 9.07. The maximum Gasteiger partial charge on any atom is 0.240 e. The van der Waals surface area contributed by atoms with E-state index in [9.17, 15) is 21.2 Å². The molecule has 1 aromatic rings. The van der Waals surface area contributed by atoms with Crippen LogP contribution < -0.4 is 14.8 Å². The molecule has 0 unspecified atom stereocenters. The van der Waals surface area contributed by atoms with E-state index in [0.29, 0.717) is 6.54 Å². The number of rotatable bonds is 7. The predicted molar refractivity (Wildman–Crippen MR) is 97.5 cm³/mol. The summed E-state index contributed by atoms with van der Waals surface area (Å²) in [6, 6.07) is 3.06. The molecule has 1 aliphatic rings. The van der Waals surface area contributed by atoms with Crippen LogP contribution in [-0.4, -0.2) is 42.2 Å². The zero-order valence-corrected chi connectivity index (χ0v) is 16.0. The van der Waals surface area contributed by atoms with E-state index in [1.54, 1.807) is 0 Å². The lowest BCUT2D eigenvalue weighted by molar-refractivity contribution is 0.579. The number of anilines is 1. The Bertz CT molecular complexity index is 842. The van der Waals surface area contributed by atoms with Crippen molar-refractivity contribution in [2.45, 2.75) is 18.2 Å². The molecule has 2 rings (SSSR count). The summed E-state index contributed by atoms with van der Waals surface area (Å²) in [5, 5.41) is 3.12. The topological polar surface area (TPSA) is 104 Å². The van der Waals surface area contributed by atoms with Gasteiger partial charge in [-0.1, -0.05) is 11.6 Å². The Morgan fingerprint density at radius 3 is 2.52 bits per heavy atom. The van der Waals surface area contributed by atoms with Crippen LogP contribution in [0.5, 0.6) is 0 Å². The first kappa shape index (κ1) is 21.8. The molecule has 0 spiro atoms. The van der Waals surface area contributed by atoms with E-state index < -0.39 is 25.9 Å². The molecule has 0 aromatic heterocycles. The average molecular weight is 414 g/mol. The van der Waals surface area contributed by atoms with Crippen LogP contribution in [0, 0.1) is 5.82 Å². The monoisotopic (exact) mass is 413 g/mol. The molecule has 142 valence electrons. The Kier molecular flexibility index (Phi) is 7.82. The van der Waals surface area contributed by atoms with Gasteiger partial charge in [-0.05, 0) is 38.1 Å². The van der Waals surface area contributed by atoms with Crippen LogP contribution in [-0.2, 0) is 20.0 Å². The number of benzene rings is 1. The van der Waals surface area contributed by atoms with Gasteiger partial charge < -0.3 is 5.32 Å². The molecule has 0 bridgehead atoms. The lowest BCUT2D eigenvalue weighted by Crippen LogP contribution is -2.29. The fourth-order valence-electron chi connectivity index (χ4n) is 2.09. The van der Waals surface area contributed by atoms with Crippen molar-refractivity contribution in [1.82, 2.24) is 10.0 Å². The van der Waals surface area contributed by atoms with Crippen LogP contribution in [0.15, 0.2) is 34.7 Å². The fraction of sp³-hybridized carbons (Fsp3) is 0.429. The van der Waals surface area contributed by atoms with E-state index in [0.717, 1.165) is 36.7 Å². The Morgan fingerprint density at radius 1 is 1.24 bits per heavy atom. The molecule has 11 heteroatoms. The molecule has 1 aromatic carbocycles. The van der Waals surface area contributed by atoms with Gasteiger partial charge in [-0.3, -0.25) is 4.72 Å². The molecule has 0 saturated carbocycles. The number of halogens is 2. The van der Waals surface area contributed by atoms with Crippen molar-refractivity contribution in [3.8, 4) is 0 Å². The van der Waals surface area contributed by atoms with Gasteiger partial charge in [0.2, 0.25) is 20.0 Å². The Labute approximate surface area is 153 Å². The zero-order chi connectivity index (χ0) is 17.8. The van der Waals surface area contributed by atoms with Crippen molar-refractivity contribution in [3.05, 3.63) is 35.7 Å². The maximum absolute atomic E-state index is 14.0. The van der Waals surface area contributed by atoms with Gasteiger partial charge in [-0.15, -0.1) is 12.4 Å². The van der Waals surface area contributed by atoms with E-state index in [-0.39, 0.29) is 35.3 Å². The van der Waals surface area contributed by atoms with Crippen molar-refractivity contribution in [2.75, 3.05) is 30.1 Å². The molecule has 1 aliphatic heterocycles. The van der Waals surface area contributed by atoms with Gasteiger partial charge in [-0.2, -0.15) is 0 Å². The highest BCUT2D eigenvalue weighted by atomic mass is 35.5. The van der Waals surface area contributed by atoms with Crippen LogP contribution >= 0.6 is 12.4 Å². The highest BCUT2D eigenvalue weighted by Gasteiger charge is 2.18. The summed E-state index contributed by atoms with van der Waals surface area (Å²) in [7, 11) is -7.51. The van der Waals surface area contributed by atoms with Crippen LogP contribution in [0.3, 0.4) is 0 Å². The van der Waals surface area contributed by atoms with Crippen LogP contribution in [0.2, 0.25) is 0 Å². The van der Waals surface area contributed by atoms with Gasteiger partial charge in [0, 0.05) is 13.1 Å². The SMILES string of the molecule is CCS(=O)(=O)Nc1ccc(S(=O)(=O)NCC2=CCNCC2)cc1F.Cl. The number of sulfonamides is 2. The summed E-state index contributed by atoms with van der Waals surface area (Å²) in [5.74, 6) is -1.16. The Morgan fingerprint density at radius 2 is 1.96 bits per heavy atom. The highest BCUT2D eigenvalue weighted by Crippen LogP contribution is 2.20. The van der Waals surface area contributed by atoms with E-state index in [1.165, 1.54) is 6.92 Å². The molecule has 3 N–H and O–H groups in total. The fourth-order valence-corrected chi connectivity index (χ4v) is 3.78. The predicted octanol–water partition coefficient (Wildman–Crippen LogP) is 1.21. The summed E-state index contributed by atoms with van der Waals surface area (Å²) in [4.78, 5) is -0.256. The largest absolute Gasteiger partial charge is 0.313 e. The van der Waals surface area contributed by atoms with E-state index in [4.69, 9.17) is 0 Å². The first-order chi connectivity index (χ1) is 11.2. The van der Waals surface area contributed by atoms with Crippen molar-refractivity contribution in [1.29, 1.82) is 0 Å². The van der Waals surface area contributed by atoms with Gasteiger partial charge in [0.25, 0.3) is 0 Å². The molecule has 0 saturated heterocycles. The summed E-state index contributed by atoms with van der Waals surface area (Å²) in [6.45, 7) is 3.06. The molecule has 0 radical (unpaired) electrons. The second-order valence-electron chi connectivity index (χ2n) is 5.29. The van der Waals surface area contributed by atoms with E-state index in [1.807, 2.05) is 6.08 Å². The quantitative estimate of drug-likeness (QED) is 0.583. The lowest BCUT2D eigenvalue weighted by atomic mass is 10.1. The average Bonchev–Trinajstić information content (AvgIpc) is 2.56. The van der Waals surface area contributed by atoms with Gasteiger partial charge in [0.1, 0.15) is 5.82 Å². The zero-order valence-electron chi connectivity index (χ0n) is 13.6. The third kappa shape index (κ3) is 6.23. The van der Waals surface area contributed by atoms with Gasteiger partial charge >= 0.3 is 0 Å². The summed E-state index contributed by atoms with van der Waals surface area (Å²) < 4.78 is 65.9. The molecule has 25 heavy (non-hydrogen) atoms. The van der Waals surface area contributed by atoms with Crippen molar-refractivity contribution in [3.63, 3.8) is 0 Å². The third-order valence-electron chi connectivity index (χ3n) is 3.54. The molecule has 7 nitrogen and oxygen atoms in total. The molecule has 0 fully saturated rings. The normalized spacial score (nSPS) is 15.2. The van der Waals surface area contributed by atoms with Crippen LogP contribution in [0.4, 0.5) is 10.1 Å². The van der Waals surface area contributed by atoms with Crippen molar-refractivity contribution >= 4 is 38.1 Å². The summed E-state index contributed by atoms with van der Waals surface area (Å²) in [6.07, 6.45) is 2.66. The van der Waals surface area contributed by atoms with Crippen molar-refractivity contribution < 1.29 is 21.2 Å². The second kappa shape index (κ2) is 8.95. The molecular formula is C14H21ClFN3O4S2. The Hall–Kier alpha value is -1.20. The Balaban J connectivity index is 0.00000312. The number of hydrogen-bond donors (Lipinski definition) is 3. The summed E-state index contributed by atoms with van der Waals surface area (Å²) >= 11 is 0. The number of nitrogens with one attached hydrogen (secondary N) is 3. The van der Waals surface area contributed by atoms with Gasteiger partial charge in [0.15, 0.2) is 0 Å².